The number of rotatable bonds is 7. The maximum Gasteiger partial charge on any atom is 0.233 e. The molecule has 3 aromatic carbocycles. The number of thioether (sulfide) groups is 1. The molecule has 0 unspecified atom stereocenters. The van der Waals surface area contributed by atoms with Crippen molar-refractivity contribution < 1.29 is 4.79 Å². The average molecular weight is 443 g/mol. The van der Waals surface area contributed by atoms with Gasteiger partial charge >= 0.3 is 0 Å². The van der Waals surface area contributed by atoms with Crippen molar-refractivity contribution in [2.75, 3.05) is 12.8 Å². The first-order valence-corrected chi connectivity index (χ1v) is 11.5. The largest absolute Gasteiger partial charge is 0.334 e. The summed E-state index contributed by atoms with van der Waals surface area (Å²) < 4.78 is 1.94. The number of carbonyl (C=O) groups excluding carboxylic acids is 1. The van der Waals surface area contributed by atoms with Gasteiger partial charge in [-0.15, -0.1) is 10.2 Å². The lowest BCUT2D eigenvalue weighted by atomic mass is 9.97. The third kappa shape index (κ3) is 4.75. The fraction of sp³-hybridized carbons (Fsp3) is 0.192. The third-order valence-electron chi connectivity index (χ3n) is 5.45. The van der Waals surface area contributed by atoms with Crippen LogP contribution in [0, 0.1) is 6.92 Å². The number of hydrogen-bond donors (Lipinski definition) is 0. The maximum atomic E-state index is 13.2. The van der Waals surface area contributed by atoms with Gasteiger partial charge in [0.15, 0.2) is 11.0 Å². The van der Waals surface area contributed by atoms with Crippen LogP contribution in [0.4, 0.5) is 0 Å². The summed E-state index contributed by atoms with van der Waals surface area (Å²) in [7, 11) is 3.80. The van der Waals surface area contributed by atoms with Gasteiger partial charge in [-0.05, 0) is 24.1 Å². The lowest BCUT2D eigenvalue weighted by molar-refractivity contribution is -0.128. The van der Waals surface area contributed by atoms with Crippen molar-refractivity contribution in [2.45, 2.75) is 18.1 Å². The third-order valence-corrected chi connectivity index (χ3v) is 6.45. The van der Waals surface area contributed by atoms with E-state index in [-0.39, 0.29) is 17.7 Å². The zero-order valence-corrected chi connectivity index (χ0v) is 19.3. The van der Waals surface area contributed by atoms with Gasteiger partial charge in [0.25, 0.3) is 0 Å². The number of nitrogens with zero attached hydrogens (tertiary/aromatic N) is 4. The maximum absolute atomic E-state index is 13.2. The van der Waals surface area contributed by atoms with E-state index in [0.717, 1.165) is 27.7 Å². The molecule has 0 radical (unpaired) electrons. The number of benzene rings is 3. The minimum absolute atomic E-state index is 0.0350. The van der Waals surface area contributed by atoms with Gasteiger partial charge in [0.1, 0.15) is 0 Å². The summed E-state index contributed by atoms with van der Waals surface area (Å²) in [6.45, 7) is 2.06. The summed E-state index contributed by atoms with van der Waals surface area (Å²) in [6, 6.07) is 28.3. The van der Waals surface area contributed by atoms with Crippen LogP contribution in [0.15, 0.2) is 90.1 Å². The number of carbonyl (C=O) groups is 1. The first kappa shape index (κ1) is 21.8. The Balaban J connectivity index is 1.51. The molecule has 0 fully saturated rings. The fourth-order valence-corrected chi connectivity index (χ4v) is 4.59. The molecule has 32 heavy (non-hydrogen) atoms. The van der Waals surface area contributed by atoms with Crippen molar-refractivity contribution in [1.29, 1.82) is 0 Å². The highest BCUT2D eigenvalue weighted by Gasteiger charge is 2.24. The summed E-state index contributed by atoms with van der Waals surface area (Å²) in [5, 5.41) is 9.39. The van der Waals surface area contributed by atoms with Crippen LogP contribution in [0.5, 0.6) is 0 Å². The van der Waals surface area contributed by atoms with Gasteiger partial charge in [-0.2, -0.15) is 0 Å². The zero-order chi connectivity index (χ0) is 22.5. The van der Waals surface area contributed by atoms with E-state index in [1.54, 1.807) is 0 Å². The van der Waals surface area contributed by atoms with Crippen LogP contribution < -0.4 is 0 Å². The molecule has 5 nitrogen and oxygen atoms in total. The molecule has 0 saturated carbocycles. The van der Waals surface area contributed by atoms with Gasteiger partial charge in [-0.1, -0.05) is 96.2 Å². The van der Waals surface area contributed by atoms with E-state index in [9.17, 15) is 4.79 Å². The molecule has 1 heterocycles. The minimum atomic E-state index is -0.146. The van der Waals surface area contributed by atoms with Gasteiger partial charge < -0.3 is 9.47 Å². The molecule has 0 saturated heterocycles. The van der Waals surface area contributed by atoms with E-state index in [1.165, 1.54) is 17.3 Å². The van der Waals surface area contributed by atoms with E-state index in [0.29, 0.717) is 0 Å². The van der Waals surface area contributed by atoms with E-state index in [1.807, 2.05) is 72.1 Å². The van der Waals surface area contributed by atoms with Crippen LogP contribution in [-0.4, -0.2) is 38.4 Å². The molecule has 0 N–H and O–H groups in total. The van der Waals surface area contributed by atoms with Crippen LogP contribution in [0.2, 0.25) is 0 Å². The molecular formula is C26H26N4OS. The lowest BCUT2D eigenvalue weighted by Gasteiger charge is -2.29. The predicted octanol–water partition coefficient (Wildman–Crippen LogP) is 5.13. The van der Waals surface area contributed by atoms with Crippen LogP contribution >= 0.6 is 11.8 Å². The fourth-order valence-electron chi connectivity index (χ4n) is 3.76. The smallest absolute Gasteiger partial charge is 0.233 e. The molecule has 0 spiro atoms. The Morgan fingerprint density at radius 3 is 2.16 bits per heavy atom. The number of amides is 1. The van der Waals surface area contributed by atoms with Crippen molar-refractivity contribution in [3.63, 3.8) is 0 Å². The standard InChI is InChI=1S/C26H26N4OS/c1-19-11-10-16-22(17-19)25-27-28-26(30(25)3)32-18-23(31)29(2)24(20-12-6-4-7-13-20)21-14-8-5-9-15-21/h4-17,24H,18H2,1-3H3. The van der Waals surface area contributed by atoms with E-state index < -0.39 is 0 Å². The molecule has 0 bridgehead atoms. The topological polar surface area (TPSA) is 51.0 Å². The quantitative estimate of drug-likeness (QED) is 0.372. The molecule has 162 valence electrons. The van der Waals surface area contributed by atoms with Crippen LogP contribution in [-0.2, 0) is 11.8 Å². The monoisotopic (exact) mass is 442 g/mol. The molecule has 0 atom stereocenters. The minimum Gasteiger partial charge on any atom is -0.334 e. The van der Waals surface area contributed by atoms with Crippen molar-refractivity contribution >= 4 is 17.7 Å². The summed E-state index contributed by atoms with van der Waals surface area (Å²) in [6.07, 6.45) is 0. The van der Waals surface area contributed by atoms with E-state index >= 15 is 0 Å². The molecule has 4 rings (SSSR count). The van der Waals surface area contributed by atoms with Crippen molar-refractivity contribution in [1.82, 2.24) is 19.7 Å². The molecular weight excluding hydrogens is 416 g/mol. The Hall–Kier alpha value is -3.38. The Morgan fingerprint density at radius 2 is 1.56 bits per heavy atom. The van der Waals surface area contributed by atoms with Crippen molar-refractivity contribution in [3.05, 3.63) is 102 Å². The van der Waals surface area contributed by atoms with Crippen LogP contribution in [0.25, 0.3) is 11.4 Å². The highest BCUT2D eigenvalue weighted by Crippen LogP contribution is 2.29. The Bertz CT molecular complexity index is 1150. The molecule has 6 heteroatoms. The summed E-state index contributed by atoms with van der Waals surface area (Å²) in [5.74, 6) is 1.11. The molecule has 0 aliphatic heterocycles. The molecule has 1 amide bonds. The highest BCUT2D eigenvalue weighted by atomic mass is 32.2. The molecule has 1 aromatic heterocycles. The second-order valence-electron chi connectivity index (χ2n) is 7.75. The first-order chi connectivity index (χ1) is 15.5. The highest BCUT2D eigenvalue weighted by molar-refractivity contribution is 7.99. The number of hydrogen-bond acceptors (Lipinski definition) is 4. The van der Waals surface area contributed by atoms with Crippen LogP contribution in [0.3, 0.4) is 0 Å². The number of aromatic nitrogens is 3. The summed E-state index contributed by atoms with van der Waals surface area (Å²) in [5.41, 5.74) is 4.35. The van der Waals surface area contributed by atoms with Gasteiger partial charge in [-0.3, -0.25) is 4.79 Å². The van der Waals surface area contributed by atoms with E-state index in [4.69, 9.17) is 0 Å². The predicted molar refractivity (Wildman–Crippen MR) is 129 cm³/mol. The Labute approximate surface area is 193 Å². The second-order valence-corrected chi connectivity index (χ2v) is 8.69. The zero-order valence-electron chi connectivity index (χ0n) is 18.5. The summed E-state index contributed by atoms with van der Waals surface area (Å²) in [4.78, 5) is 15.0. The summed E-state index contributed by atoms with van der Waals surface area (Å²) >= 11 is 1.41. The molecule has 0 aliphatic rings. The van der Waals surface area contributed by atoms with Crippen molar-refractivity contribution in [3.8, 4) is 11.4 Å². The van der Waals surface area contributed by atoms with Gasteiger partial charge in [-0.25, -0.2) is 0 Å². The molecule has 4 aromatic rings. The van der Waals surface area contributed by atoms with Gasteiger partial charge in [0.2, 0.25) is 5.91 Å². The SMILES string of the molecule is Cc1cccc(-c2nnc(SCC(=O)N(C)C(c3ccccc3)c3ccccc3)n2C)c1. The normalized spacial score (nSPS) is 11.0. The Morgan fingerprint density at radius 1 is 0.938 bits per heavy atom. The first-order valence-electron chi connectivity index (χ1n) is 10.5. The lowest BCUT2D eigenvalue weighted by Crippen LogP contribution is -2.33. The van der Waals surface area contributed by atoms with Crippen molar-refractivity contribution in [2.24, 2.45) is 7.05 Å². The molecule has 0 aliphatic carbocycles. The van der Waals surface area contributed by atoms with Gasteiger partial charge in [0.05, 0.1) is 11.8 Å². The van der Waals surface area contributed by atoms with E-state index in [2.05, 4.69) is 53.5 Å². The van der Waals surface area contributed by atoms with Crippen LogP contribution in [0.1, 0.15) is 22.7 Å². The number of aryl methyl sites for hydroxylation is 1. The van der Waals surface area contributed by atoms with Gasteiger partial charge in [0, 0.05) is 19.7 Å². The Kier molecular flexibility index (Phi) is 6.71. The second kappa shape index (κ2) is 9.83. The average Bonchev–Trinajstić information content (AvgIpc) is 3.19.